The Bertz CT molecular complexity index is 829. The number of nitrogens with zero attached hydrogens (tertiary/aromatic N) is 2. The van der Waals surface area contributed by atoms with Crippen LogP contribution in [0.15, 0.2) is 56.6 Å². The average molecular weight is 430 g/mol. The van der Waals surface area contributed by atoms with E-state index in [9.17, 15) is 4.39 Å². The summed E-state index contributed by atoms with van der Waals surface area (Å²) in [5.41, 5.74) is 0.943. The van der Waals surface area contributed by atoms with E-state index in [1.165, 1.54) is 23.9 Å². The van der Waals surface area contributed by atoms with E-state index in [2.05, 4.69) is 26.1 Å². The average Bonchev–Trinajstić information content (AvgIpc) is 3.01. The molecule has 0 aliphatic rings. The van der Waals surface area contributed by atoms with Gasteiger partial charge in [0.25, 0.3) is 11.1 Å². The first-order chi connectivity index (χ1) is 11.6. The van der Waals surface area contributed by atoms with Gasteiger partial charge >= 0.3 is 0 Å². The van der Waals surface area contributed by atoms with Gasteiger partial charge in [0.05, 0.1) is 0 Å². The van der Waals surface area contributed by atoms with Gasteiger partial charge in [0, 0.05) is 15.2 Å². The van der Waals surface area contributed by atoms with Crippen LogP contribution >= 0.6 is 39.3 Å². The molecule has 0 radical (unpaired) electrons. The highest BCUT2D eigenvalue weighted by molar-refractivity contribution is 9.10. The fraction of sp³-hybridized carbons (Fsp3) is 0.125. The first-order valence-electron chi connectivity index (χ1n) is 6.87. The number of hydrogen-bond donors (Lipinski definition) is 0. The Morgan fingerprint density at radius 3 is 2.71 bits per heavy atom. The smallest absolute Gasteiger partial charge is 0.277 e. The van der Waals surface area contributed by atoms with E-state index in [0.717, 1.165) is 5.56 Å². The molecule has 0 amide bonds. The second-order valence-electron chi connectivity index (χ2n) is 4.73. The Hall–Kier alpha value is -1.57. The van der Waals surface area contributed by atoms with E-state index in [1.54, 1.807) is 30.3 Å². The molecule has 0 spiro atoms. The fourth-order valence-electron chi connectivity index (χ4n) is 1.81. The molecule has 1 aromatic heterocycles. The summed E-state index contributed by atoms with van der Waals surface area (Å²) in [5, 5.41) is 8.97. The number of hydrogen-bond acceptors (Lipinski definition) is 5. The van der Waals surface area contributed by atoms with Gasteiger partial charge in [-0.05, 0) is 42.0 Å². The monoisotopic (exact) mass is 428 g/mol. The molecule has 0 unspecified atom stereocenters. The van der Waals surface area contributed by atoms with Crippen molar-refractivity contribution in [1.29, 1.82) is 0 Å². The van der Waals surface area contributed by atoms with Crippen LogP contribution in [-0.2, 0) is 12.4 Å². The van der Waals surface area contributed by atoms with Crippen LogP contribution in [0.3, 0.4) is 0 Å². The van der Waals surface area contributed by atoms with Gasteiger partial charge in [-0.3, -0.25) is 0 Å². The number of aromatic nitrogens is 2. The van der Waals surface area contributed by atoms with Crippen LogP contribution in [-0.4, -0.2) is 10.2 Å². The van der Waals surface area contributed by atoms with Crippen molar-refractivity contribution < 1.29 is 13.5 Å². The van der Waals surface area contributed by atoms with Crippen molar-refractivity contribution in [2.45, 2.75) is 17.6 Å². The summed E-state index contributed by atoms with van der Waals surface area (Å²) >= 11 is 10.5. The van der Waals surface area contributed by atoms with Crippen LogP contribution in [0, 0.1) is 5.82 Å². The second-order valence-corrected chi connectivity index (χ2v) is 6.95. The van der Waals surface area contributed by atoms with E-state index in [1.807, 2.05) is 0 Å². The molecule has 3 aromatic rings. The first-order valence-corrected chi connectivity index (χ1v) is 9.03. The second kappa shape index (κ2) is 8.00. The van der Waals surface area contributed by atoms with Crippen LogP contribution in [0.5, 0.6) is 5.75 Å². The maximum absolute atomic E-state index is 13.1. The molecule has 4 nitrogen and oxygen atoms in total. The number of thioether (sulfide) groups is 1. The molecule has 0 aliphatic carbocycles. The maximum Gasteiger partial charge on any atom is 0.277 e. The predicted octanol–water partition coefficient (Wildman–Crippen LogP) is 5.50. The fourth-order valence-corrected chi connectivity index (χ4v) is 3.40. The zero-order valence-corrected chi connectivity index (χ0v) is 15.4. The molecule has 0 saturated heterocycles. The Morgan fingerprint density at radius 2 is 1.96 bits per heavy atom. The number of benzene rings is 2. The maximum atomic E-state index is 13.1. The lowest BCUT2D eigenvalue weighted by molar-refractivity contribution is 0.252. The number of ether oxygens (including phenoxy) is 1. The summed E-state index contributed by atoms with van der Waals surface area (Å²) in [7, 11) is 0. The van der Waals surface area contributed by atoms with Gasteiger partial charge in [-0.1, -0.05) is 45.4 Å². The van der Waals surface area contributed by atoms with Gasteiger partial charge in [0.1, 0.15) is 11.6 Å². The topological polar surface area (TPSA) is 48.2 Å². The lowest BCUT2D eigenvalue weighted by Crippen LogP contribution is -1.95. The van der Waals surface area contributed by atoms with Crippen molar-refractivity contribution in [3.05, 3.63) is 69.2 Å². The van der Waals surface area contributed by atoms with Crippen LogP contribution in [0.4, 0.5) is 4.39 Å². The standard InChI is InChI=1S/C16H11BrClFN2O2S/c17-14-7-12(19)4-1-10(14)9-24-16-21-20-15(23-16)8-22-13-5-2-11(18)3-6-13/h1-7H,8-9H2. The van der Waals surface area contributed by atoms with Crippen molar-refractivity contribution in [2.75, 3.05) is 0 Å². The summed E-state index contributed by atoms with van der Waals surface area (Å²) in [4.78, 5) is 0. The Labute approximate surface area is 155 Å². The van der Waals surface area contributed by atoms with Crippen LogP contribution in [0.2, 0.25) is 5.02 Å². The summed E-state index contributed by atoms with van der Waals surface area (Å²) in [6.45, 7) is 0.176. The molecule has 0 bridgehead atoms. The third-order valence-electron chi connectivity index (χ3n) is 2.99. The molecule has 0 saturated carbocycles. The lowest BCUT2D eigenvalue weighted by Gasteiger charge is -2.03. The number of halogens is 3. The van der Waals surface area contributed by atoms with Crippen molar-refractivity contribution >= 4 is 39.3 Å². The van der Waals surface area contributed by atoms with Gasteiger partial charge in [-0.15, -0.1) is 10.2 Å². The highest BCUT2D eigenvalue weighted by atomic mass is 79.9. The quantitative estimate of drug-likeness (QED) is 0.485. The van der Waals surface area contributed by atoms with Gasteiger partial charge in [0.2, 0.25) is 0 Å². The first kappa shape index (κ1) is 17.3. The molecule has 0 N–H and O–H groups in total. The minimum atomic E-state index is -0.282. The third-order valence-corrected chi connectivity index (χ3v) is 4.85. The Balaban J connectivity index is 1.54. The highest BCUT2D eigenvalue weighted by Crippen LogP contribution is 2.27. The molecule has 0 atom stereocenters. The van der Waals surface area contributed by atoms with Crippen LogP contribution in [0.1, 0.15) is 11.5 Å². The van der Waals surface area contributed by atoms with Crippen molar-refractivity contribution in [3.8, 4) is 5.75 Å². The van der Waals surface area contributed by atoms with E-state index < -0.39 is 0 Å². The molecule has 2 aromatic carbocycles. The minimum absolute atomic E-state index is 0.176. The Kier molecular flexibility index (Phi) is 5.76. The SMILES string of the molecule is Fc1ccc(CSc2nnc(COc3ccc(Cl)cc3)o2)c(Br)c1. The zero-order chi connectivity index (χ0) is 16.9. The normalized spacial score (nSPS) is 10.8. The van der Waals surface area contributed by atoms with Gasteiger partial charge < -0.3 is 9.15 Å². The summed E-state index contributed by atoms with van der Waals surface area (Å²) < 4.78 is 24.8. The van der Waals surface area contributed by atoms with E-state index in [0.29, 0.717) is 32.1 Å². The summed E-state index contributed by atoms with van der Waals surface area (Å²) in [6, 6.07) is 11.6. The molecule has 24 heavy (non-hydrogen) atoms. The van der Waals surface area contributed by atoms with Crippen LogP contribution in [0.25, 0.3) is 0 Å². The molecule has 8 heteroatoms. The van der Waals surface area contributed by atoms with E-state index >= 15 is 0 Å². The van der Waals surface area contributed by atoms with Gasteiger partial charge in [-0.25, -0.2) is 4.39 Å². The molecule has 3 rings (SSSR count). The molecular formula is C16H11BrClFN2O2S. The van der Waals surface area contributed by atoms with E-state index in [4.69, 9.17) is 20.8 Å². The molecular weight excluding hydrogens is 419 g/mol. The van der Waals surface area contributed by atoms with Crippen LogP contribution < -0.4 is 4.74 Å². The van der Waals surface area contributed by atoms with Gasteiger partial charge in [0.15, 0.2) is 6.61 Å². The molecule has 1 heterocycles. The summed E-state index contributed by atoms with van der Waals surface area (Å²) in [5.74, 6) is 1.35. The minimum Gasteiger partial charge on any atom is -0.484 e. The number of rotatable bonds is 6. The van der Waals surface area contributed by atoms with Crippen molar-refractivity contribution in [1.82, 2.24) is 10.2 Å². The zero-order valence-electron chi connectivity index (χ0n) is 12.2. The highest BCUT2D eigenvalue weighted by Gasteiger charge is 2.09. The Morgan fingerprint density at radius 1 is 1.17 bits per heavy atom. The van der Waals surface area contributed by atoms with E-state index in [-0.39, 0.29) is 12.4 Å². The summed E-state index contributed by atoms with van der Waals surface area (Å²) in [6.07, 6.45) is 0. The van der Waals surface area contributed by atoms with Crippen molar-refractivity contribution in [2.24, 2.45) is 0 Å². The molecule has 124 valence electrons. The molecule has 0 aliphatic heterocycles. The third kappa shape index (κ3) is 4.72. The molecule has 0 fully saturated rings. The largest absolute Gasteiger partial charge is 0.484 e. The predicted molar refractivity (Wildman–Crippen MR) is 93.7 cm³/mol. The van der Waals surface area contributed by atoms with Gasteiger partial charge in [-0.2, -0.15) is 0 Å². The van der Waals surface area contributed by atoms with Crippen molar-refractivity contribution in [3.63, 3.8) is 0 Å². The lowest BCUT2D eigenvalue weighted by atomic mass is 10.2.